The zero-order chi connectivity index (χ0) is 18.3. The summed E-state index contributed by atoms with van der Waals surface area (Å²) in [5, 5.41) is 15.4. The lowest BCUT2D eigenvalue weighted by molar-refractivity contribution is 0.393. The number of fused-ring (bicyclic) bond motifs is 1. The van der Waals surface area contributed by atoms with Crippen LogP contribution in [0.25, 0.3) is 22.0 Å². The summed E-state index contributed by atoms with van der Waals surface area (Å²) >= 11 is 0. The number of nitrogens with zero attached hydrogens (tertiary/aromatic N) is 3. The van der Waals surface area contributed by atoms with Crippen molar-refractivity contribution in [2.24, 2.45) is 0 Å². The Morgan fingerprint density at radius 1 is 1.15 bits per heavy atom. The molecule has 6 heteroatoms. The van der Waals surface area contributed by atoms with Crippen molar-refractivity contribution >= 4 is 10.9 Å². The van der Waals surface area contributed by atoms with Gasteiger partial charge in [-0.1, -0.05) is 11.2 Å². The van der Waals surface area contributed by atoms with Crippen LogP contribution < -0.4 is 5.56 Å². The zero-order valence-electron chi connectivity index (χ0n) is 14.4. The highest BCUT2D eigenvalue weighted by molar-refractivity contribution is 5.89. The van der Waals surface area contributed by atoms with Gasteiger partial charge in [0.15, 0.2) is 0 Å². The lowest BCUT2D eigenvalue weighted by Gasteiger charge is -2.12. The van der Waals surface area contributed by atoms with Gasteiger partial charge in [0.05, 0.1) is 29.0 Å². The van der Waals surface area contributed by atoms with E-state index in [4.69, 9.17) is 4.52 Å². The van der Waals surface area contributed by atoms with Gasteiger partial charge in [0.1, 0.15) is 11.5 Å². The Kier molecular flexibility index (Phi) is 3.80. The number of aryl methyl sites for hydroxylation is 2. The molecular weight excluding hydrogens is 330 g/mol. The van der Waals surface area contributed by atoms with Gasteiger partial charge in [0.2, 0.25) is 0 Å². The number of rotatable bonds is 3. The van der Waals surface area contributed by atoms with Gasteiger partial charge in [-0.05, 0) is 43.5 Å². The Balaban J connectivity index is 1.92. The molecule has 1 N–H and O–H groups in total. The molecule has 0 unspecified atom stereocenters. The van der Waals surface area contributed by atoms with Crippen LogP contribution in [-0.2, 0) is 6.54 Å². The van der Waals surface area contributed by atoms with Crippen molar-refractivity contribution in [1.82, 2.24) is 14.7 Å². The van der Waals surface area contributed by atoms with Gasteiger partial charge in [-0.3, -0.25) is 9.78 Å². The number of benzene rings is 1. The second-order valence-electron chi connectivity index (χ2n) is 6.21. The molecule has 0 aliphatic rings. The molecule has 0 radical (unpaired) electrons. The number of hydrogen-bond donors (Lipinski definition) is 1. The van der Waals surface area contributed by atoms with Crippen LogP contribution in [0.3, 0.4) is 0 Å². The number of phenolic OH excluding ortho intramolecular Hbond substituents is 1. The molecule has 0 fully saturated rings. The second kappa shape index (κ2) is 6.15. The average Bonchev–Trinajstić information content (AvgIpc) is 2.97. The fourth-order valence-corrected chi connectivity index (χ4v) is 3.22. The Labute approximate surface area is 149 Å². The highest BCUT2D eigenvalue weighted by atomic mass is 16.5. The van der Waals surface area contributed by atoms with E-state index < -0.39 is 0 Å². The monoisotopic (exact) mass is 347 g/mol. The molecule has 130 valence electrons. The van der Waals surface area contributed by atoms with Crippen LogP contribution in [0, 0.1) is 13.8 Å². The SMILES string of the molecule is Cc1noc(C)c1-c1cc2ccc(=O)n(Cc3ccccn3)c2cc1O. The van der Waals surface area contributed by atoms with Gasteiger partial charge in [-0.2, -0.15) is 0 Å². The van der Waals surface area contributed by atoms with Crippen LogP contribution >= 0.6 is 0 Å². The fraction of sp³-hybridized carbons (Fsp3) is 0.150. The molecule has 0 aliphatic heterocycles. The van der Waals surface area contributed by atoms with E-state index in [0.29, 0.717) is 29.1 Å². The Bertz CT molecular complexity index is 1140. The van der Waals surface area contributed by atoms with Gasteiger partial charge in [-0.25, -0.2) is 0 Å². The first-order chi connectivity index (χ1) is 12.5. The average molecular weight is 347 g/mol. The van der Waals surface area contributed by atoms with E-state index in [2.05, 4.69) is 10.1 Å². The lowest BCUT2D eigenvalue weighted by Crippen LogP contribution is -2.20. The summed E-state index contributed by atoms with van der Waals surface area (Å²) in [5.41, 5.74) is 3.39. The molecule has 4 rings (SSSR count). The molecule has 1 aromatic carbocycles. The van der Waals surface area contributed by atoms with E-state index in [9.17, 15) is 9.90 Å². The Hall–Kier alpha value is -3.41. The van der Waals surface area contributed by atoms with Gasteiger partial charge in [-0.15, -0.1) is 0 Å². The zero-order valence-corrected chi connectivity index (χ0v) is 14.4. The van der Waals surface area contributed by atoms with Gasteiger partial charge in [0.25, 0.3) is 5.56 Å². The van der Waals surface area contributed by atoms with E-state index >= 15 is 0 Å². The molecular formula is C20H17N3O3. The second-order valence-corrected chi connectivity index (χ2v) is 6.21. The van der Waals surface area contributed by atoms with Crippen LogP contribution in [0.5, 0.6) is 5.75 Å². The quantitative estimate of drug-likeness (QED) is 0.614. The molecule has 0 aliphatic carbocycles. The molecule has 0 atom stereocenters. The summed E-state index contributed by atoms with van der Waals surface area (Å²) < 4.78 is 6.82. The summed E-state index contributed by atoms with van der Waals surface area (Å²) in [5.74, 6) is 0.714. The van der Waals surface area contributed by atoms with Crippen molar-refractivity contribution in [2.45, 2.75) is 20.4 Å². The first kappa shape index (κ1) is 16.1. The van der Waals surface area contributed by atoms with Gasteiger partial charge >= 0.3 is 0 Å². The maximum absolute atomic E-state index is 12.4. The molecule has 0 amide bonds. The highest BCUT2D eigenvalue weighted by Gasteiger charge is 2.17. The maximum Gasteiger partial charge on any atom is 0.251 e. The highest BCUT2D eigenvalue weighted by Crippen LogP contribution is 2.36. The van der Waals surface area contributed by atoms with Crippen LogP contribution in [0.15, 0.2) is 58.0 Å². The van der Waals surface area contributed by atoms with Gasteiger partial charge < -0.3 is 14.2 Å². The van der Waals surface area contributed by atoms with Crippen molar-refractivity contribution in [2.75, 3.05) is 0 Å². The lowest BCUT2D eigenvalue weighted by atomic mass is 10.0. The molecule has 0 bridgehead atoms. The van der Waals surface area contributed by atoms with Crippen molar-refractivity contribution in [3.63, 3.8) is 0 Å². The van der Waals surface area contributed by atoms with Crippen molar-refractivity contribution < 1.29 is 9.63 Å². The van der Waals surface area contributed by atoms with E-state index in [0.717, 1.165) is 16.6 Å². The minimum atomic E-state index is -0.146. The number of pyridine rings is 2. The predicted octanol–water partition coefficient (Wildman–Crippen LogP) is 3.42. The summed E-state index contributed by atoms with van der Waals surface area (Å²) in [6.07, 6.45) is 1.69. The Morgan fingerprint density at radius 3 is 2.69 bits per heavy atom. The van der Waals surface area contributed by atoms with Crippen molar-refractivity contribution in [3.8, 4) is 16.9 Å². The van der Waals surface area contributed by atoms with E-state index in [1.54, 1.807) is 29.8 Å². The van der Waals surface area contributed by atoms with Crippen LogP contribution in [0.4, 0.5) is 0 Å². The minimum absolute atomic E-state index is 0.0762. The molecule has 26 heavy (non-hydrogen) atoms. The normalized spacial score (nSPS) is 11.2. The topological polar surface area (TPSA) is 81.2 Å². The number of aromatic hydroxyl groups is 1. The molecule has 0 saturated carbocycles. The van der Waals surface area contributed by atoms with Crippen LogP contribution in [0.2, 0.25) is 0 Å². The van der Waals surface area contributed by atoms with Crippen LogP contribution in [-0.4, -0.2) is 19.8 Å². The van der Waals surface area contributed by atoms with Crippen molar-refractivity contribution in [3.05, 3.63) is 76.2 Å². The smallest absolute Gasteiger partial charge is 0.251 e. The third kappa shape index (κ3) is 2.65. The summed E-state index contributed by atoms with van der Waals surface area (Å²) in [4.78, 5) is 16.7. The van der Waals surface area contributed by atoms with Gasteiger partial charge in [0, 0.05) is 23.9 Å². The number of hydrogen-bond acceptors (Lipinski definition) is 5. The van der Waals surface area contributed by atoms with E-state index in [-0.39, 0.29) is 11.3 Å². The van der Waals surface area contributed by atoms with Crippen LogP contribution in [0.1, 0.15) is 17.1 Å². The van der Waals surface area contributed by atoms with E-state index in [1.807, 2.05) is 31.2 Å². The molecule has 3 aromatic heterocycles. The molecule has 0 spiro atoms. The predicted molar refractivity (Wildman–Crippen MR) is 98.2 cm³/mol. The molecule has 3 heterocycles. The Morgan fingerprint density at radius 2 is 2.00 bits per heavy atom. The maximum atomic E-state index is 12.4. The third-order valence-corrected chi connectivity index (χ3v) is 4.46. The van der Waals surface area contributed by atoms with Crippen molar-refractivity contribution in [1.29, 1.82) is 0 Å². The number of aromatic nitrogens is 3. The largest absolute Gasteiger partial charge is 0.507 e. The minimum Gasteiger partial charge on any atom is -0.507 e. The van der Waals surface area contributed by atoms with E-state index in [1.165, 1.54) is 6.07 Å². The first-order valence-electron chi connectivity index (χ1n) is 8.24. The summed E-state index contributed by atoms with van der Waals surface area (Å²) in [6, 6.07) is 12.3. The summed E-state index contributed by atoms with van der Waals surface area (Å²) in [7, 11) is 0. The number of phenols is 1. The molecule has 0 saturated heterocycles. The molecule has 4 aromatic rings. The molecule has 6 nitrogen and oxygen atoms in total. The third-order valence-electron chi connectivity index (χ3n) is 4.46. The standard InChI is InChI=1S/C20H17N3O3/c1-12-20(13(2)26-22-12)16-9-14-6-7-19(25)23(17(14)10-18(16)24)11-15-5-3-4-8-21-15/h3-10,24H,11H2,1-2H3. The first-order valence-corrected chi connectivity index (χ1v) is 8.24. The summed E-state index contributed by atoms with van der Waals surface area (Å²) in [6.45, 7) is 3.97. The fourth-order valence-electron chi connectivity index (χ4n) is 3.22.